The predicted molar refractivity (Wildman–Crippen MR) is 50.2 cm³/mol. The number of rotatable bonds is 3. The summed E-state index contributed by atoms with van der Waals surface area (Å²) in [5.74, 6) is -0.745. The molecule has 1 heterocycles. The third-order valence-corrected chi connectivity index (χ3v) is 2.15. The summed E-state index contributed by atoms with van der Waals surface area (Å²) >= 11 is 5.54. The van der Waals surface area contributed by atoms with Crippen LogP contribution in [0.15, 0.2) is 6.07 Å². The first-order valence-corrected chi connectivity index (χ1v) is 4.34. The summed E-state index contributed by atoms with van der Waals surface area (Å²) in [7, 11) is 0. The number of alkyl halides is 2. The van der Waals surface area contributed by atoms with Crippen LogP contribution in [0.1, 0.15) is 17.7 Å². The highest BCUT2D eigenvalue weighted by Crippen LogP contribution is 2.31. The van der Waals surface area contributed by atoms with Crippen LogP contribution in [0.2, 0.25) is 5.02 Å². The summed E-state index contributed by atoms with van der Waals surface area (Å²) in [5, 5.41) is 18.4. The Morgan fingerprint density at radius 3 is 2.75 bits per heavy atom. The van der Waals surface area contributed by atoms with E-state index in [-0.39, 0.29) is 12.1 Å². The summed E-state index contributed by atoms with van der Waals surface area (Å²) in [6.07, 6.45) is -3.31. The zero-order valence-electron chi connectivity index (χ0n) is 7.65. The zero-order chi connectivity index (χ0) is 12.3. The van der Waals surface area contributed by atoms with Gasteiger partial charge in [0, 0.05) is 11.6 Å². The van der Waals surface area contributed by atoms with Crippen molar-refractivity contribution in [1.82, 2.24) is 4.98 Å². The van der Waals surface area contributed by atoms with Crippen LogP contribution in [0.3, 0.4) is 0 Å². The normalized spacial score (nSPS) is 10.2. The molecule has 16 heavy (non-hydrogen) atoms. The molecule has 0 aromatic carbocycles. The average Bonchev–Trinajstić information content (AvgIpc) is 2.20. The van der Waals surface area contributed by atoms with Gasteiger partial charge >= 0.3 is 5.82 Å². The number of nitro groups is 1. The lowest BCUT2D eigenvalue weighted by atomic mass is 10.2. The van der Waals surface area contributed by atoms with Crippen LogP contribution >= 0.6 is 11.6 Å². The molecule has 0 radical (unpaired) electrons. The molecule has 1 aromatic rings. The smallest absolute Gasteiger partial charge is 0.358 e. The van der Waals surface area contributed by atoms with E-state index in [0.717, 1.165) is 0 Å². The molecule has 0 fully saturated rings. The molecular formula is C8H4ClF2N3O2. The molecule has 0 N–H and O–H groups in total. The zero-order valence-corrected chi connectivity index (χ0v) is 8.41. The van der Waals surface area contributed by atoms with Crippen molar-refractivity contribution in [2.24, 2.45) is 0 Å². The van der Waals surface area contributed by atoms with Crippen molar-refractivity contribution in [2.75, 3.05) is 0 Å². The van der Waals surface area contributed by atoms with Crippen LogP contribution in [0.5, 0.6) is 0 Å². The van der Waals surface area contributed by atoms with E-state index in [9.17, 15) is 18.9 Å². The van der Waals surface area contributed by atoms with Gasteiger partial charge in [-0.1, -0.05) is 11.6 Å². The quantitative estimate of drug-likeness (QED) is 0.607. The minimum atomic E-state index is -2.95. The highest BCUT2D eigenvalue weighted by molar-refractivity contribution is 6.32. The molecule has 0 aliphatic carbocycles. The van der Waals surface area contributed by atoms with Gasteiger partial charge in [-0.2, -0.15) is 5.26 Å². The molecule has 0 unspecified atom stereocenters. The standard InChI is InChI=1S/C8H4ClF2N3O2/c9-7-4(8(10)11)3-6(14(15)16)13-5(7)1-2-12/h3,8H,1H2. The minimum Gasteiger partial charge on any atom is -0.358 e. The number of aromatic nitrogens is 1. The van der Waals surface area contributed by atoms with Crippen molar-refractivity contribution in [3.8, 4) is 6.07 Å². The van der Waals surface area contributed by atoms with E-state index in [1.807, 2.05) is 0 Å². The molecule has 0 aliphatic rings. The van der Waals surface area contributed by atoms with Gasteiger partial charge in [0.05, 0.1) is 11.1 Å². The van der Waals surface area contributed by atoms with E-state index >= 15 is 0 Å². The molecule has 0 aliphatic heterocycles. The highest BCUT2D eigenvalue weighted by atomic mass is 35.5. The van der Waals surface area contributed by atoms with E-state index in [0.29, 0.717) is 6.07 Å². The van der Waals surface area contributed by atoms with Crippen LogP contribution in [0.4, 0.5) is 14.6 Å². The SMILES string of the molecule is N#CCc1nc([N+](=O)[O-])cc(C(F)F)c1Cl. The minimum absolute atomic E-state index is 0.214. The van der Waals surface area contributed by atoms with Crippen molar-refractivity contribution < 1.29 is 13.7 Å². The largest absolute Gasteiger partial charge is 0.364 e. The molecule has 8 heteroatoms. The Bertz CT molecular complexity index is 473. The van der Waals surface area contributed by atoms with E-state index in [2.05, 4.69) is 4.98 Å². The lowest BCUT2D eigenvalue weighted by Gasteiger charge is -2.03. The van der Waals surface area contributed by atoms with Gasteiger partial charge in [0.1, 0.15) is 6.42 Å². The van der Waals surface area contributed by atoms with Gasteiger partial charge in [-0.3, -0.25) is 0 Å². The molecule has 84 valence electrons. The fourth-order valence-corrected chi connectivity index (χ4v) is 1.28. The Morgan fingerprint density at radius 1 is 1.69 bits per heavy atom. The second-order valence-corrected chi connectivity index (χ2v) is 3.10. The van der Waals surface area contributed by atoms with Crippen LogP contribution in [0, 0.1) is 21.4 Å². The molecule has 0 saturated heterocycles. The lowest BCUT2D eigenvalue weighted by Crippen LogP contribution is -2.01. The highest BCUT2D eigenvalue weighted by Gasteiger charge is 2.24. The Kier molecular flexibility index (Phi) is 3.68. The number of pyridine rings is 1. The number of nitriles is 1. The number of halogens is 3. The van der Waals surface area contributed by atoms with Crippen molar-refractivity contribution in [3.05, 3.63) is 32.5 Å². The van der Waals surface area contributed by atoms with Crippen LogP contribution in [-0.2, 0) is 6.42 Å². The van der Waals surface area contributed by atoms with Gasteiger partial charge in [-0.05, 0) is 9.91 Å². The maximum absolute atomic E-state index is 12.5. The molecule has 5 nitrogen and oxygen atoms in total. The molecular weight excluding hydrogens is 244 g/mol. The molecule has 0 amide bonds. The Hall–Kier alpha value is -1.81. The fourth-order valence-electron chi connectivity index (χ4n) is 1.03. The van der Waals surface area contributed by atoms with E-state index in [1.54, 1.807) is 6.07 Å². The third kappa shape index (κ3) is 2.41. The molecule has 0 bridgehead atoms. The van der Waals surface area contributed by atoms with Gasteiger partial charge in [0.25, 0.3) is 6.43 Å². The first kappa shape index (κ1) is 12.3. The maximum atomic E-state index is 12.5. The molecule has 1 aromatic heterocycles. The number of hydrogen-bond donors (Lipinski definition) is 0. The van der Waals surface area contributed by atoms with Crippen molar-refractivity contribution in [2.45, 2.75) is 12.8 Å². The number of nitrogens with zero attached hydrogens (tertiary/aromatic N) is 3. The summed E-state index contributed by atoms with van der Waals surface area (Å²) in [4.78, 5) is 12.9. The van der Waals surface area contributed by atoms with Gasteiger partial charge in [-0.25, -0.2) is 8.78 Å². The van der Waals surface area contributed by atoms with Crippen LogP contribution in [-0.4, -0.2) is 9.91 Å². The Balaban J connectivity index is 3.40. The average molecular weight is 248 g/mol. The lowest BCUT2D eigenvalue weighted by molar-refractivity contribution is -0.389. The van der Waals surface area contributed by atoms with Gasteiger partial charge in [-0.15, -0.1) is 0 Å². The van der Waals surface area contributed by atoms with Gasteiger partial charge in [0.15, 0.2) is 5.69 Å². The second kappa shape index (κ2) is 4.81. The summed E-state index contributed by atoms with van der Waals surface area (Å²) in [6, 6.07) is 2.25. The van der Waals surface area contributed by atoms with Crippen molar-refractivity contribution >= 4 is 17.4 Å². The molecule has 0 atom stereocenters. The third-order valence-electron chi connectivity index (χ3n) is 1.71. The van der Waals surface area contributed by atoms with Crippen molar-refractivity contribution in [1.29, 1.82) is 5.26 Å². The van der Waals surface area contributed by atoms with E-state index in [4.69, 9.17) is 16.9 Å². The first-order chi connectivity index (χ1) is 7.47. The van der Waals surface area contributed by atoms with Crippen LogP contribution in [0.25, 0.3) is 0 Å². The Morgan fingerprint density at radius 2 is 2.31 bits per heavy atom. The summed E-state index contributed by atoms with van der Waals surface area (Å²) in [5.41, 5.74) is -0.901. The first-order valence-electron chi connectivity index (χ1n) is 3.96. The van der Waals surface area contributed by atoms with Crippen LogP contribution < -0.4 is 0 Å². The van der Waals surface area contributed by atoms with E-state index in [1.165, 1.54) is 0 Å². The monoisotopic (exact) mass is 247 g/mol. The predicted octanol–water partition coefficient (Wildman–Crippen LogP) is 2.65. The van der Waals surface area contributed by atoms with E-state index < -0.39 is 27.8 Å². The summed E-state index contributed by atoms with van der Waals surface area (Å²) in [6.45, 7) is 0. The Labute approximate surface area is 93.4 Å². The molecule has 0 saturated carbocycles. The van der Waals surface area contributed by atoms with Crippen molar-refractivity contribution in [3.63, 3.8) is 0 Å². The van der Waals surface area contributed by atoms with Gasteiger partial charge < -0.3 is 10.1 Å². The second-order valence-electron chi connectivity index (χ2n) is 2.72. The molecule has 1 rings (SSSR count). The summed E-state index contributed by atoms with van der Waals surface area (Å²) < 4.78 is 24.9. The molecule has 0 spiro atoms. The van der Waals surface area contributed by atoms with Gasteiger partial charge in [0.2, 0.25) is 0 Å². The topological polar surface area (TPSA) is 79.8 Å². The maximum Gasteiger partial charge on any atom is 0.364 e. The fraction of sp³-hybridized carbons (Fsp3) is 0.250. The number of hydrogen-bond acceptors (Lipinski definition) is 4.